The number of hydrogen-bond acceptors (Lipinski definition) is 3. The Morgan fingerprint density at radius 1 is 1.40 bits per heavy atom. The van der Waals surface area contributed by atoms with Gasteiger partial charge in [-0.15, -0.1) is 6.58 Å². The lowest BCUT2D eigenvalue weighted by Gasteiger charge is -2.19. The number of sulfone groups is 1. The Balaban J connectivity index is 3.63. The lowest BCUT2D eigenvalue weighted by atomic mass is 10.00. The van der Waals surface area contributed by atoms with E-state index in [1.54, 1.807) is 0 Å². The normalized spacial score (nSPS) is 15.9. The molecular weight excluding hydrogens is 210 g/mol. The highest BCUT2D eigenvalue weighted by atomic mass is 32.2. The highest BCUT2D eigenvalue weighted by Gasteiger charge is 2.09. The largest absolute Gasteiger partial charge is 0.314 e. The van der Waals surface area contributed by atoms with Crippen LogP contribution in [0.15, 0.2) is 12.7 Å². The van der Waals surface area contributed by atoms with Crippen LogP contribution in [0, 0.1) is 5.92 Å². The smallest absolute Gasteiger partial charge is 0.147 e. The molecule has 0 bridgehead atoms. The van der Waals surface area contributed by atoms with Gasteiger partial charge in [0.15, 0.2) is 0 Å². The number of rotatable bonds is 8. The summed E-state index contributed by atoms with van der Waals surface area (Å²) in [6.07, 6.45) is 4.86. The standard InChI is InChI=1S/C11H23NO2S/c1-5-7-10(2)11(3)12-8-6-9-15(4,13)14/h5,10-12H,1,6-9H2,2-4H3. The molecule has 0 heterocycles. The maximum Gasteiger partial charge on any atom is 0.147 e. The third-order valence-corrected chi connectivity index (χ3v) is 3.58. The summed E-state index contributed by atoms with van der Waals surface area (Å²) in [4.78, 5) is 0. The molecule has 0 spiro atoms. The lowest BCUT2D eigenvalue weighted by Crippen LogP contribution is -2.33. The molecule has 0 aliphatic rings. The Hall–Kier alpha value is -0.350. The topological polar surface area (TPSA) is 46.2 Å². The fraction of sp³-hybridized carbons (Fsp3) is 0.818. The van der Waals surface area contributed by atoms with Crippen LogP contribution in [-0.2, 0) is 9.84 Å². The SMILES string of the molecule is C=CCC(C)C(C)NCCCS(C)(=O)=O. The highest BCUT2D eigenvalue weighted by molar-refractivity contribution is 7.90. The second-order valence-electron chi connectivity index (χ2n) is 4.23. The van der Waals surface area contributed by atoms with Crippen molar-refractivity contribution in [3.63, 3.8) is 0 Å². The predicted octanol–water partition coefficient (Wildman–Crippen LogP) is 1.61. The van der Waals surface area contributed by atoms with Crippen LogP contribution in [0.4, 0.5) is 0 Å². The summed E-state index contributed by atoms with van der Waals surface area (Å²) in [7, 11) is -2.81. The van der Waals surface area contributed by atoms with Crippen molar-refractivity contribution in [2.24, 2.45) is 5.92 Å². The van der Waals surface area contributed by atoms with Crippen molar-refractivity contribution in [1.29, 1.82) is 0 Å². The van der Waals surface area contributed by atoms with Crippen LogP contribution in [0.2, 0.25) is 0 Å². The summed E-state index contributed by atoms with van der Waals surface area (Å²) in [6, 6.07) is 0.405. The van der Waals surface area contributed by atoms with Crippen LogP contribution >= 0.6 is 0 Å². The molecule has 3 nitrogen and oxygen atoms in total. The van der Waals surface area contributed by atoms with Crippen LogP contribution in [-0.4, -0.2) is 33.0 Å². The molecule has 15 heavy (non-hydrogen) atoms. The minimum atomic E-state index is -2.81. The van der Waals surface area contributed by atoms with E-state index >= 15 is 0 Å². The molecule has 2 atom stereocenters. The van der Waals surface area contributed by atoms with Crippen molar-refractivity contribution in [2.75, 3.05) is 18.6 Å². The van der Waals surface area contributed by atoms with Crippen LogP contribution in [0.1, 0.15) is 26.7 Å². The Morgan fingerprint density at radius 2 is 2.00 bits per heavy atom. The van der Waals surface area contributed by atoms with Crippen molar-refractivity contribution in [1.82, 2.24) is 5.32 Å². The molecule has 0 saturated heterocycles. The summed E-state index contributed by atoms with van der Waals surface area (Å²) < 4.78 is 21.7. The van der Waals surface area contributed by atoms with Crippen molar-refractivity contribution in [3.05, 3.63) is 12.7 Å². The molecule has 0 radical (unpaired) electrons. The summed E-state index contributed by atoms with van der Waals surface area (Å²) >= 11 is 0. The van der Waals surface area contributed by atoms with E-state index in [9.17, 15) is 8.42 Å². The molecule has 0 aromatic carbocycles. The monoisotopic (exact) mass is 233 g/mol. The first-order valence-corrected chi connectivity index (χ1v) is 7.45. The van der Waals surface area contributed by atoms with E-state index in [4.69, 9.17) is 0 Å². The molecule has 0 aliphatic heterocycles. The third-order valence-electron chi connectivity index (χ3n) is 2.55. The Bertz CT molecular complexity index is 272. The van der Waals surface area contributed by atoms with E-state index in [2.05, 4.69) is 25.7 Å². The van der Waals surface area contributed by atoms with Crippen molar-refractivity contribution >= 4 is 9.84 Å². The van der Waals surface area contributed by atoms with Gasteiger partial charge in [-0.05, 0) is 32.2 Å². The number of hydrogen-bond donors (Lipinski definition) is 1. The van der Waals surface area contributed by atoms with E-state index in [1.807, 2.05) is 6.08 Å². The first kappa shape index (κ1) is 14.6. The van der Waals surface area contributed by atoms with Gasteiger partial charge < -0.3 is 5.32 Å². The van der Waals surface area contributed by atoms with E-state index in [-0.39, 0.29) is 5.75 Å². The fourth-order valence-corrected chi connectivity index (χ4v) is 2.00. The van der Waals surface area contributed by atoms with E-state index in [0.717, 1.165) is 13.0 Å². The van der Waals surface area contributed by atoms with Crippen molar-refractivity contribution < 1.29 is 8.42 Å². The molecule has 90 valence electrons. The molecule has 0 fully saturated rings. The van der Waals surface area contributed by atoms with Gasteiger partial charge in [0, 0.05) is 12.3 Å². The zero-order chi connectivity index (χ0) is 11.9. The average Bonchev–Trinajstić information content (AvgIpc) is 2.11. The minimum Gasteiger partial charge on any atom is -0.314 e. The summed E-state index contributed by atoms with van der Waals surface area (Å²) in [6.45, 7) is 8.75. The van der Waals surface area contributed by atoms with Gasteiger partial charge in [-0.1, -0.05) is 13.0 Å². The van der Waals surface area contributed by atoms with Gasteiger partial charge in [-0.2, -0.15) is 0 Å². The van der Waals surface area contributed by atoms with Crippen molar-refractivity contribution in [2.45, 2.75) is 32.7 Å². The van der Waals surface area contributed by atoms with E-state index in [0.29, 0.717) is 18.4 Å². The Morgan fingerprint density at radius 3 is 2.47 bits per heavy atom. The molecule has 2 unspecified atom stereocenters. The third kappa shape index (κ3) is 8.63. The molecule has 4 heteroatoms. The fourth-order valence-electron chi connectivity index (χ4n) is 1.33. The van der Waals surface area contributed by atoms with Crippen molar-refractivity contribution in [3.8, 4) is 0 Å². The summed E-state index contributed by atoms with van der Waals surface area (Å²) in [5.41, 5.74) is 0. The Labute approximate surface area is 93.9 Å². The molecular formula is C11H23NO2S. The van der Waals surface area contributed by atoms with Gasteiger partial charge in [-0.3, -0.25) is 0 Å². The second-order valence-corrected chi connectivity index (χ2v) is 6.49. The zero-order valence-corrected chi connectivity index (χ0v) is 10.8. The summed E-state index contributed by atoms with van der Waals surface area (Å²) in [5.74, 6) is 0.809. The molecule has 0 amide bonds. The molecule has 0 aliphatic carbocycles. The maximum atomic E-state index is 10.9. The molecule has 1 N–H and O–H groups in total. The van der Waals surface area contributed by atoms with Gasteiger partial charge >= 0.3 is 0 Å². The van der Waals surface area contributed by atoms with Gasteiger partial charge in [0.1, 0.15) is 9.84 Å². The molecule has 0 saturated carbocycles. The van der Waals surface area contributed by atoms with Crippen LogP contribution in [0.25, 0.3) is 0 Å². The molecule has 0 rings (SSSR count). The zero-order valence-electron chi connectivity index (χ0n) is 9.99. The quantitative estimate of drug-likeness (QED) is 0.512. The first-order chi connectivity index (χ1) is 6.87. The van der Waals surface area contributed by atoms with Crippen LogP contribution in [0.5, 0.6) is 0 Å². The van der Waals surface area contributed by atoms with Gasteiger partial charge in [0.2, 0.25) is 0 Å². The second kappa shape index (κ2) is 7.01. The average molecular weight is 233 g/mol. The maximum absolute atomic E-state index is 10.9. The Kier molecular flexibility index (Phi) is 6.85. The number of nitrogens with one attached hydrogen (secondary N) is 1. The predicted molar refractivity (Wildman–Crippen MR) is 65.8 cm³/mol. The lowest BCUT2D eigenvalue weighted by molar-refractivity contribution is 0.404. The first-order valence-electron chi connectivity index (χ1n) is 5.39. The van der Waals surface area contributed by atoms with Gasteiger partial charge in [-0.25, -0.2) is 8.42 Å². The molecule has 0 aromatic heterocycles. The van der Waals surface area contributed by atoms with Gasteiger partial charge in [0.05, 0.1) is 5.75 Å². The van der Waals surface area contributed by atoms with Crippen LogP contribution in [0.3, 0.4) is 0 Å². The minimum absolute atomic E-state index is 0.266. The van der Waals surface area contributed by atoms with E-state index < -0.39 is 9.84 Å². The van der Waals surface area contributed by atoms with E-state index in [1.165, 1.54) is 6.26 Å². The van der Waals surface area contributed by atoms with Gasteiger partial charge in [0.25, 0.3) is 0 Å². The van der Waals surface area contributed by atoms with Crippen LogP contribution < -0.4 is 5.32 Å². The molecule has 0 aromatic rings. The highest BCUT2D eigenvalue weighted by Crippen LogP contribution is 2.07. The number of allylic oxidation sites excluding steroid dienone is 1. The summed E-state index contributed by atoms with van der Waals surface area (Å²) in [5, 5.41) is 3.33.